The molecule has 0 radical (unpaired) electrons. The Morgan fingerprint density at radius 2 is 2.00 bits per heavy atom. The number of carboxylic acid groups (broad SMARTS) is 1. The number of H-pyrrole nitrogens is 1. The molecule has 1 heterocycles. The maximum atomic E-state index is 11.2. The minimum Gasteiger partial charge on any atom is -0.475 e. The molecule has 0 saturated heterocycles. The van der Waals surface area contributed by atoms with Gasteiger partial charge in [0.25, 0.3) is 5.56 Å². The first kappa shape index (κ1) is 9.57. The summed E-state index contributed by atoms with van der Waals surface area (Å²) in [6.07, 6.45) is 0. The van der Waals surface area contributed by atoms with Crippen molar-refractivity contribution in [3.8, 4) is 0 Å². The molecular formula is C8H11NO4. The highest BCUT2D eigenvalue weighted by atomic mass is 16.5. The highest BCUT2D eigenvalue weighted by Crippen LogP contribution is 2.22. The molecule has 0 spiro atoms. The van der Waals surface area contributed by atoms with Gasteiger partial charge >= 0.3 is 5.97 Å². The molecule has 0 fully saturated rings. The number of aromatic carboxylic acids is 1. The lowest BCUT2D eigenvalue weighted by atomic mass is 9.87. The average molecular weight is 185 g/mol. The fraction of sp³-hybridized carbons (Fsp3) is 0.500. The zero-order chi connectivity index (χ0) is 10.2. The Kier molecular flexibility index (Phi) is 2.03. The largest absolute Gasteiger partial charge is 0.475 e. The summed E-state index contributed by atoms with van der Waals surface area (Å²) < 4.78 is 4.55. The second-order valence-electron chi connectivity index (χ2n) is 3.79. The smallest absolute Gasteiger partial charge is 0.375 e. The van der Waals surface area contributed by atoms with Gasteiger partial charge in [0.15, 0.2) is 0 Å². The van der Waals surface area contributed by atoms with Gasteiger partial charge in [-0.3, -0.25) is 4.79 Å². The van der Waals surface area contributed by atoms with Crippen LogP contribution in [0.15, 0.2) is 9.32 Å². The van der Waals surface area contributed by atoms with Crippen molar-refractivity contribution < 1.29 is 14.4 Å². The summed E-state index contributed by atoms with van der Waals surface area (Å²) in [7, 11) is 0. The standard InChI is InChI=1S/C8H11NO4/c1-8(2,3)4-5(7(11)12)13-9-6(4)10/h1-3H3,(H,9,10)(H,11,12). The van der Waals surface area contributed by atoms with Crippen molar-refractivity contribution in [2.24, 2.45) is 0 Å². The predicted octanol–water partition coefficient (Wildman–Crippen LogP) is 0.964. The van der Waals surface area contributed by atoms with E-state index in [1.54, 1.807) is 20.8 Å². The minimum absolute atomic E-state index is 0.167. The molecule has 0 bridgehead atoms. The molecular weight excluding hydrogens is 174 g/mol. The predicted molar refractivity (Wildman–Crippen MR) is 45.0 cm³/mol. The fourth-order valence-corrected chi connectivity index (χ4v) is 1.13. The number of carboxylic acids is 1. The highest BCUT2D eigenvalue weighted by molar-refractivity contribution is 5.86. The third-order valence-electron chi connectivity index (χ3n) is 1.64. The van der Waals surface area contributed by atoms with Gasteiger partial charge in [-0.2, -0.15) is 5.16 Å². The van der Waals surface area contributed by atoms with E-state index in [4.69, 9.17) is 5.11 Å². The zero-order valence-electron chi connectivity index (χ0n) is 7.67. The van der Waals surface area contributed by atoms with Crippen molar-refractivity contribution >= 4 is 5.97 Å². The minimum atomic E-state index is -1.23. The van der Waals surface area contributed by atoms with Gasteiger partial charge in [0.2, 0.25) is 5.76 Å². The summed E-state index contributed by atoms with van der Waals surface area (Å²) in [4.78, 5) is 21.8. The zero-order valence-corrected chi connectivity index (χ0v) is 7.67. The van der Waals surface area contributed by atoms with Gasteiger partial charge in [-0.25, -0.2) is 4.79 Å². The Balaban J connectivity index is 3.42. The summed E-state index contributed by atoms with van der Waals surface area (Å²) in [5.41, 5.74) is -0.848. The quantitative estimate of drug-likeness (QED) is 0.682. The molecule has 0 atom stereocenters. The van der Waals surface area contributed by atoms with Crippen LogP contribution >= 0.6 is 0 Å². The molecule has 5 nitrogen and oxygen atoms in total. The van der Waals surface area contributed by atoms with Crippen molar-refractivity contribution in [1.29, 1.82) is 0 Å². The molecule has 0 saturated carbocycles. The molecule has 0 aliphatic rings. The van der Waals surface area contributed by atoms with Crippen LogP contribution in [-0.2, 0) is 5.41 Å². The Hall–Kier alpha value is -1.52. The molecule has 0 aliphatic heterocycles. The van der Waals surface area contributed by atoms with Gasteiger partial charge in [0, 0.05) is 0 Å². The molecule has 1 rings (SSSR count). The second-order valence-corrected chi connectivity index (χ2v) is 3.79. The molecule has 1 aromatic rings. The Bertz CT molecular complexity index is 380. The van der Waals surface area contributed by atoms with Crippen LogP contribution in [0.4, 0.5) is 0 Å². The molecule has 0 aromatic carbocycles. The van der Waals surface area contributed by atoms with E-state index in [1.807, 2.05) is 5.16 Å². The number of aromatic amines is 1. The molecule has 0 unspecified atom stereocenters. The van der Waals surface area contributed by atoms with E-state index in [2.05, 4.69) is 4.52 Å². The van der Waals surface area contributed by atoms with Crippen LogP contribution < -0.4 is 5.56 Å². The first-order valence-electron chi connectivity index (χ1n) is 3.79. The van der Waals surface area contributed by atoms with Gasteiger partial charge in [-0.05, 0) is 5.41 Å². The number of hydrogen-bond acceptors (Lipinski definition) is 3. The van der Waals surface area contributed by atoms with E-state index in [0.717, 1.165) is 0 Å². The fourth-order valence-electron chi connectivity index (χ4n) is 1.13. The lowest BCUT2D eigenvalue weighted by molar-refractivity contribution is 0.0648. The number of carbonyl (C=O) groups is 1. The van der Waals surface area contributed by atoms with Crippen LogP contribution in [0.3, 0.4) is 0 Å². The van der Waals surface area contributed by atoms with Gasteiger partial charge < -0.3 is 9.63 Å². The van der Waals surface area contributed by atoms with E-state index in [1.165, 1.54) is 0 Å². The number of aromatic nitrogens is 1. The van der Waals surface area contributed by atoms with E-state index < -0.39 is 16.9 Å². The van der Waals surface area contributed by atoms with E-state index in [0.29, 0.717) is 0 Å². The number of nitrogens with one attached hydrogen (secondary N) is 1. The summed E-state index contributed by atoms with van der Waals surface area (Å²) in [6, 6.07) is 0. The van der Waals surface area contributed by atoms with Crippen LogP contribution in [0.2, 0.25) is 0 Å². The maximum absolute atomic E-state index is 11.2. The summed E-state index contributed by atoms with van der Waals surface area (Å²) >= 11 is 0. The van der Waals surface area contributed by atoms with Crippen molar-refractivity contribution in [3.05, 3.63) is 21.7 Å². The van der Waals surface area contributed by atoms with Gasteiger partial charge in [-0.1, -0.05) is 20.8 Å². The molecule has 0 aliphatic carbocycles. The number of hydrogen-bond donors (Lipinski definition) is 2. The normalized spacial score (nSPS) is 11.6. The lowest BCUT2D eigenvalue weighted by Gasteiger charge is -2.14. The molecule has 2 N–H and O–H groups in total. The third-order valence-corrected chi connectivity index (χ3v) is 1.64. The monoisotopic (exact) mass is 185 g/mol. The second kappa shape index (κ2) is 2.76. The van der Waals surface area contributed by atoms with Gasteiger partial charge in [0.05, 0.1) is 5.56 Å². The summed E-state index contributed by atoms with van der Waals surface area (Å²) in [5, 5.41) is 10.7. The molecule has 0 amide bonds. The first-order valence-corrected chi connectivity index (χ1v) is 3.79. The topological polar surface area (TPSA) is 83.3 Å². The van der Waals surface area contributed by atoms with Crippen molar-refractivity contribution in [3.63, 3.8) is 0 Å². The Morgan fingerprint density at radius 3 is 2.31 bits per heavy atom. The van der Waals surface area contributed by atoms with Gasteiger partial charge in [0.1, 0.15) is 0 Å². The lowest BCUT2D eigenvalue weighted by Crippen LogP contribution is -2.23. The van der Waals surface area contributed by atoms with Crippen LogP contribution in [0.1, 0.15) is 36.9 Å². The Labute approximate surface area is 74.3 Å². The molecule has 13 heavy (non-hydrogen) atoms. The third kappa shape index (κ3) is 1.63. The van der Waals surface area contributed by atoms with E-state index in [9.17, 15) is 9.59 Å². The highest BCUT2D eigenvalue weighted by Gasteiger charge is 2.29. The molecule has 1 aromatic heterocycles. The summed E-state index contributed by atoms with van der Waals surface area (Å²) in [5.74, 6) is -1.54. The van der Waals surface area contributed by atoms with Gasteiger partial charge in [-0.15, -0.1) is 0 Å². The first-order chi connectivity index (χ1) is 5.84. The number of rotatable bonds is 1. The molecule has 5 heteroatoms. The maximum Gasteiger partial charge on any atom is 0.375 e. The van der Waals surface area contributed by atoms with E-state index in [-0.39, 0.29) is 11.3 Å². The van der Waals surface area contributed by atoms with Crippen LogP contribution in [0, 0.1) is 0 Å². The molecule has 72 valence electrons. The van der Waals surface area contributed by atoms with Crippen molar-refractivity contribution in [2.75, 3.05) is 0 Å². The SMILES string of the molecule is CC(C)(C)c1c(C(=O)O)o[nH]c1=O. The van der Waals surface area contributed by atoms with Crippen LogP contribution in [0.5, 0.6) is 0 Å². The summed E-state index contributed by atoms with van der Waals surface area (Å²) in [6.45, 7) is 5.25. The average Bonchev–Trinajstić information content (AvgIpc) is 2.28. The van der Waals surface area contributed by atoms with E-state index >= 15 is 0 Å². The van der Waals surface area contributed by atoms with Crippen LogP contribution in [-0.4, -0.2) is 16.2 Å². The van der Waals surface area contributed by atoms with Crippen molar-refractivity contribution in [2.45, 2.75) is 26.2 Å². The Morgan fingerprint density at radius 1 is 1.46 bits per heavy atom. The van der Waals surface area contributed by atoms with Crippen molar-refractivity contribution in [1.82, 2.24) is 5.16 Å². The van der Waals surface area contributed by atoms with Crippen LogP contribution in [0.25, 0.3) is 0 Å².